The van der Waals surface area contributed by atoms with E-state index >= 15 is 0 Å². The summed E-state index contributed by atoms with van der Waals surface area (Å²) in [4.78, 5) is 11.5. The van der Waals surface area contributed by atoms with Gasteiger partial charge in [-0.2, -0.15) is 0 Å². The van der Waals surface area contributed by atoms with E-state index in [-0.39, 0.29) is 5.78 Å². The fourth-order valence-corrected chi connectivity index (χ4v) is 2.42. The Kier molecular flexibility index (Phi) is 3.46. The number of benzene rings is 2. The van der Waals surface area contributed by atoms with E-state index in [0.717, 1.165) is 28.6 Å². The molecule has 0 atom stereocenters. The van der Waals surface area contributed by atoms with Gasteiger partial charge in [-0.05, 0) is 42.1 Å². The molecular formula is C17H16N2O2. The van der Waals surface area contributed by atoms with E-state index in [0.29, 0.717) is 5.69 Å². The Morgan fingerprint density at radius 1 is 1.14 bits per heavy atom. The van der Waals surface area contributed by atoms with Crippen molar-refractivity contribution in [2.45, 2.75) is 13.5 Å². The summed E-state index contributed by atoms with van der Waals surface area (Å²) in [6.07, 6.45) is 2.02. The standard InChI is InChI=1S/C17H16N2O2/c1-12(20)15-5-4-14-8-9-19(17(14)10-15)11-13-2-6-16(18-21)7-3-13/h2-10,18,21H,11H2,1H3. The van der Waals surface area contributed by atoms with Gasteiger partial charge in [0.05, 0.1) is 5.69 Å². The Morgan fingerprint density at radius 3 is 2.57 bits per heavy atom. The molecule has 3 rings (SSSR count). The predicted octanol–water partition coefficient (Wildman–Crippen LogP) is 3.69. The molecule has 2 N–H and O–H groups in total. The summed E-state index contributed by atoms with van der Waals surface area (Å²) in [5, 5.41) is 9.94. The molecule has 0 unspecified atom stereocenters. The summed E-state index contributed by atoms with van der Waals surface area (Å²) in [5.74, 6) is 0.0722. The molecule has 0 aliphatic heterocycles. The molecule has 0 spiro atoms. The number of aromatic nitrogens is 1. The molecule has 1 heterocycles. The van der Waals surface area contributed by atoms with Crippen LogP contribution < -0.4 is 5.48 Å². The molecule has 0 radical (unpaired) electrons. The van der Waals surface area contributed by atoms with E-state index in [1.807, 2.05) is 54.7 Å². The van der Waals surface area contributed by atoms with Crippen LogP contribution in [-0.4, -0.2) is 15.6 Å². The third kappa shape index (κ3) is 2.66. The molecule has 1 aromatic heterocycles. The van der Waals surface area contributed by atoms with Crippen molar-refractivity contribution in [1.29, 1.82) is 0 Å². The second-order valence-corrected chi connectivity index (χ2v) is 5.08. The zero-order valence-corrected chi connectivity index (χ0v) is 11.7. The van der Waals surface area contributed by atoms with E-state index < -0.39 is 0 Å². The Balaban J connectivity index is 1.95. The van der Waals surface area contributed by atoms with Crippen LogP contribution >= 0.6 is 0 Å². The van der Waals surface area contributed by atoms with Gasteiger partial charge in [-0.1, -0.05) is 24.3 Å². The first-order valence-electron chi connectivity index (χ1n) is 6.76. The zero-order chi connectivity index (χ0) is 14.8. The van der Waals surface area contributed by atoms with E-state index in [1.165, 1.54) is 0 Å². The molecule has 3 aromatic rings. The molecule has 0 aliphatic carbocycles. The maximum atomic E-state index is 11.5. The fourth-order valence-electron chi connectivity index (χ4n) is 2.42. The van der Waals surface area contributed by atoms with E-state index in [9.17, 15) is 4.79 Å². The van der Waals surface area contributed by atoms with Crippen molar-refractivity contribution in [3.8, 4) is 0 Å². The van der Waals surface area contributed by atoms with Gasteiger partial charge in [-0.3, -0.25) is 15.5 Å². The Bertz CT molecular complexity index is 788. The van der Waals surface area contributed by atoms with Crippen molar-refractivity contribution < 1.29 is 10.0 Å². The highest BCUT2D eigenvalue weighted by atomic mass is 16.5. The number of carbonyl (C=O) groups excluding carboxylic acids is 1. The SMILES string of the molecule is CC(=O)c1ccc2ccn(Cc3ccc(NO)cc3)c2c1. The van der Waals surface area contributed by atoms with Crippen LogP contribution in [0.3, 0.4) is 0 Å². The number of rotatable bonds is 4. The number of carbonyl (C=O) groups is 1. The number of hydrogen-bond acceptors (Lipinski definition) is 3. The van der Waals surface area contributed by atoms with Crippen LogP contribution in [0.5, 0.6) is 0 Å². The number of hydrogen-bond donors (Lipinski definition) is 2. The van der Waals surface area contributed by atoms with Crippen molar-refractivity contribution >= 4 is 22.4 Å². The zero-order valence-electron chi connectivity index (χ0n) is 11.7. The monoisotopic (exact) mass is 280 g/mol. The molecule has 0 saturated carbocycles. The third-order valence-electron chi connectivity index (χ3n) is 3.62. The lowest BCUT2D eigenvalue weighted by molar-refractivity contribution is 0.101. The van der Waals surface area contributed by atoms with Crippen molar-refractivity contribution in [2.75, 3.05) is 5.48 Å². The minimum Gasteiger partial charge on any atom is -0.343 e. The molecule has 21 heavy (non-hydrogen) atoms. The summed E-state index contributed by atoms with van der Waals surface area (Å²) < 4.78 is 2.11. The summed E-state index contributed by atoms with van der Waals surface area (Å²) in [6.45, 7) is 2.30. The molecule has 0 saturated heterocycles. The highest BCUT2D eigenvalue weighted by Gasteiger charge is 2.05. The molecule has 2 aromatic carbocycles. The van der Waals surface area contributed by atoms with E-state index in [4.69, 9.17) is 5.21 Å². The van der Waals surface area contributed by atoms with Gasteiger partial charge in [0, 0.05) is 23.8 Å². The van der Waals surface area contributed by atoms with Gasteiger partial charge in [0.2, 0.25) is 0 Å². The van der Waals surface area contributed by atoms with Crippen molar-refractivity contribution in [3.05, 3.63) is 65.9 Å². The first-order valence-corrected chi connectivity index (χ1v) is 6.76. The van der Waals surface area contributed by atoms with Crippen LogP contribution in [0.1, 0.15) is 22.8 Å². The maximum absolute atomic E-state index is 11.5. The molecule has 0 amide bonds. The van der Waals surface area contributed by atoms with Gasteiger partial charge in [0.1, 0.15) is 0 Å². The highest BCUT2D eigenvalue weighted by molar-refractivity contribution is 5.97. The van der Waals surface area contributed by atoms with Crippen molar-refractivity contribution in [2.24, 2.45) is 0 Å². The topological polar surface area (TPSA) is 54.3 Å². The molecule has 0 fully saturated rings. The van der Waals surface area contributed by atoms with Crippen molar-refractivity contribution in [3.63, 3.8) is 0 Å². The predicted molar refractivity (Wildman–Crippen MR) is 82.9 cm³/mol. The molecular weight excluding hydrogens is 264 g/mol. The Labute approximate surface area is 122 Å². The van der Waals surface area contributed by atoms with Crippen LogP contribution in [-0.2, 0) is 6.54 Å². The normalized spacial score (nSPS) is 10.8. The average Bonchev–Trinajstić information content (AvgIpc) is 2.90. The summed E-state index contributed by atoms with van der Waals surface area (Å²) >= 11 is 0. The van der Waals surface area contributed by atoms with E-state index in [1.54, 1.807) is 6.92 Å². The average molecular weight is 280 g/mol. The van der Waals surface area contributed by atoms with E-state index in [2.05, 4.69) is 10.0 Å². The number of fused-ring (bicyclic) bond motifs is 1. The second-order valence-electron chi connectivity index (χ2n) is 5.08. The van der Waals surface area contributed by atoms with Crippen LogP contribution in [0.15, 0.2) is 54.7 Å². The largest absolute Gasteiger partial charge is 0.343 e. The van der Waals surface area contributed by atoms with Crippen LogP contribution in [0.25, 0.3) is 10.9 Å². The smallest absolute Gasteiger partial charge is 0.159 e. The number of Topliss-reactive ketones (excluding diaryl/α,β-unsaturated/α-hetero) is 1. The molecule has 4 nitrogen and oxygen atoms in total. The molecule has 4 heteroatoms. The second kappa shape index (κ2) is 5.42. The number of anilines is 1. The molecule has 106 valence electrons. The maximum Gasteiger partial charge on any atom is 0.159 e. The molecule has 0 aliphatic rings. The lowest BCUT2D eigenvalue weighted by Gasteiger charge is -2.07. The summed E-state index contributed by atoms with van der Waals surface area (Å²) in [5.41, 5.74) is 5.68. The van der Waals surface area contributed by atoms with Gasteiger partial charge in [-0.15, -0.1) is 0 Å². The summed E-state index contributed by atoms with van der Waals surface area (Å²) in [7, 11) is 0. The van der Waals surface area contributed by atoms with Gasteiger partial charge in [0.15, 0.2) is 5.78 Å². The fraction of sp³-hybridized carbons (Fsp3) is 0.118. The first-order chi connectivity index (χ1) is 10.2. The highest BCUT2D eigenvalue weighted by Crippen LogP contribution is 2.20. The Hall–Kier alpha value is -2.59. The number of nitrogens with one attached hydrogen (secondary N) is 1. The van der Waals surface area contributed by atoms with Crippen LogP contribution in [0, 0.1) is 0 Å². The van der Waals surface area contributed by atoms with Crippen LogP contribution in [0.2, 0.25) is 0 Å². The van der Waals surface area contributed by atoms with Crippen LogP contribution in [0.4, 0.5) is 5.69 Å². The summed E-state index contributed by atoms with van der Waals surface area (Å²) in [6, 6.07) is 15.4. The lowest BCUT2D eigenvalue weighted by atomic mass is 10.1. The van der Waals surface area contributed by atoms with Gasteiger partial charge >= 0.3 is 0 Å². The lowest BCUT2D eigenvalue weighted by Crippen LogP contribution is -1.99. The quantitative estimate of drug-likeness (QED) is 0.566. The van der Waals surface area contributed by atoms with Gasteiger partial charge < -0.3 is 4.57 Å². The number of nitrogens with zero attached hydrogens (tertiary/aromatic N) is 1. The van der Waals surface area contributed by atoms with Gasteiger partial charge in [0.25, 0.3) is 0 Å². The third-order valence-corrected chi connectivity index (χ3v) is 3.62. The minimum absolute atomic E-state index is 0.0722. The first kappa shape index (κ1) is 13.4. The molecule has 0 bridgehead atoms. The Morgan fingerprint density at radius 2 is 1.90 bits per heavy atom. The minimum atomic E-state index is 0.0722. The van der Waals surface area contributed by atoms with Gasteiger partial charge in [-0.25, -0.2) is 0 Å². The van der Waals surface area contributed by atoms with Crippen molar-refractivity contribution in [1.82, 2.24) is 4.57 Å². The number of ketones is 1.